The monoisotopic (exact) mass is 244 g/mol. The van der Waals surface area contributed by atoms with Gasteiger partial charge in [0.25, 0.3) is 0 Å². The second-order valence-electron chi connectivity index (χ2n) is 6.07. The maximum Gasteiger partial charge on any atom is 0.0342 e. The number of anilines is 1. The first kappa shape index (κ1) is 12.0. The van der Waals surface area contributed by atoms with E-state index in [2.05, 4.69) is 41.4 Å². The van der Waals surface area contributed by atoms with Gasteiger partial charge in [0.1, 0.15) is 0 Å². The Morgan fingerprint density at radius 3 is 2.33 bits per heavy atom. The Balaban J connectivity index is 1.52. The third-order valence-corrected chi connectivity index (χ3v) is 4.18. The maximum absolute atomic E-state index is 3.54. The van der Waals surface area contributed by atoms with Crippen molar-refractivity contribution in [1.29, 1.82) is 0 Å². The fraction of sp³-hybridized carbons (Fsp3) is 0.625. The van der Waals surface area contributed by atoms with Crippen molar-refractivity contribution in [3.63, 3.8) is 0 Å². The van der Waals surface area contributed by atoms with E-state index >= 15 is 0 Å². The molecule has 0 bridgehead atoms. The quantitative estimate of drug-likeness (QED) is 0.872. The van der Waals surface area contributed by atoms with Gasteiger partial charge >= 0.3 is 0 Å². The molecule has 2 nitrogen and oxygen atoms in total. The summed E-state index contributed by atoms with van der Waals surface area (Å²) in [5.74, 6) is 0.923. The minimum absolute atomic E-state index is 0.749. The molecule has 0 atom stereocenters. The molecule has 1 saturated carbocycles. The first-order valence-electron chi connectivity index (χ1n) is 7.37. The number of nitrogens with zero attached hydrogens (tertiary/aromatic N) is 1. The molecule has 1 heterocycles. The van der Waals surface area contributed by atoms with E-state index in [-0.39, 0.29) is 0 Å². The van der Waals surface area contributed by atoms with Crippen LogP contribution in [0.1, 0.15) is 38.2 Å². The Bertz CT molecular complexity index is 373. The van der Waals surface area contributed by atoms with Crippen molar-refractivity contribution in [3.8, 4) is 0 Å². The average molecular weight is 244 g/mol. The molecule has 0 radical (unpaired) electrons. The van der Waals surface area contributed by atoms with E-state index in [4.69, 9.17) is 0 Å². The molecule has 0 aromatic heterocycles. The van der Waals surface area contributed by atoms with E-state index in [1.807, 2.05) is 0 Å². The van der Waals surface area contributed by atoms with Crippen LogP contribution >= 0.6 is 0 Å². The maximum atomic E-state index is 3.54. The second-order valence-corrected chi connectivity index (χ2v) is 6.07. The van der Waals surface area contributed by atoms with Gasteiger partial charge in [0.2, 0.25) is 0 Å². The summed E-state index contributed by atoms with van der Waals surface area (Å²) < 4.78 is 0. The van der Waals surface area contributed by atoms with E-state index in [1.54, 1.807) is 0 Å². The summed E-state index contributed by atoms with van der Waals surface area (Å²) in [7, 11) is 0. The van der Waals surface area contributed by atoms with Crippen molar-refractivity contribution in [2.45, 2.75) is 45.2 Å². The van der Waals surface area contributed by atoms with E-state index in [9.17, 15) is 0 Å². The van der Waals surface area contributed by atoms with Crippen LogP contribution in [0.15, 0.2) is 24.3 Å². The molecule has 1 aliphatic heterocycles. The first-order chi connectivity index (χ1) is 8.79. The predicted molar refractivity (Wildman–Crippen MR) is 76.8 cm³/mol. The van der Waals surface area contributed by atoms with E-state index in [0.717, 1.165) is 18.5 Å². The zero-order chi connectivity index (χ0) is 12.4. The number of likely N-dealkylation sites (tertiary alicyclic amines) is 1. The van der Waals surface area contributed by atoms with Gasteiger partial charge in [0.15, 0.2) is 0 Å². The van der Waals surface area contributed by atoms with Gasteiger partial charge in [-0.1, -0.05) is 19.1 Å². The van der Waals surface area contributed by atoms with E-state index in [1.165, 1.54) is 50.0 Å². The van der Waals surface area contributed by atoms with Gasteiger partial charge in [0.05, 0.1) is 0 Å². The Morgan fingerprint density at radius 2 is 1.72 bits per heavy atom. The molecule has 2 aliphatic rings. The van der Waals surface area contributed by atoms with Gasteiger partial charge in [-0.3, -0.25) is 4.90 Å². The standard InChI is InChI=1S/C16H24N2/c1-13-8-10-18(11-9-13)12-14-2-4-15(5-3-14)17-16-6-7-16/h2-5,13,16-17H,6-12H2,1H3. The van der Waals surface area contributed by atoms with Crippen LogP contribution in [-0.2, 0) is 6.54 Å². The van der Waals surface area contributed by atoms with E-state index in [0.29, 0.717) is 0 Å². The minimum atomic E-state index is 0.749. The molecule has 0 spiro atoms. The molecule has 3 rings (SSSR count). The number of piperidine rings is 1. The summed E-state index contributed by atoms with van der Waals surface area (Å²) in [6.45, 7) is 6.03. The highest BCUT2D eigenvalue weighted by atomic mass is 15.1. The number of nitrogens with one attached hydrogen (secondary N) is 1. The largest absolute Gasteiger partial charge is 0.382 e. The van der Waals surface area contributed by atoms with Gasteiger partial charge in [-0.2, -0.15) is 0 Å². The van der Waals surface area contributed by atoms with Crippen molar-refractivity contribution < 1.29 is 0 Å². The number of rotatable bonds is 4. The summed E-state index contributed by atoms with van der Waals surface area (Å²) in [6, 6.07) is 9.78. The summed E-state index contributed by atoms with van der Waals surface area (Å²) in [5.41, 5.74) is 2.74. The lowest BCUT2D eigenvalue weighted by atomic mass is 9.99. The molecule has 2 heteroatoms. The molecule has 98 valence electrons. The molecular weight excluding hydrogens is 220 g/mol. The Hall–Kier alpha value is -1.02. The lowest BCUT2D eigenvalue weighted by molar-refractivity contribution is 0.185. The van der Waals surface area contributed by atoms with Crippen molar-refractivity contribution in [3.05, 3.63) is 29.8 Å². The fourth-order valence-corrected chi connectivity index (χ4v) is 2.65. The van der Waals surface area contributed by atoms with Crippen LogP contribution < -0.4 is 5.32 Å². The van der Waals surface area contributed by atoms with Crippen LogP contribution in [0.5, 0.6) is 0 Å². The van der Waals surface area contributed by atoms with Gasteiger partial charge in [-0.25, -0.2) is 0 Å². The second kappa shape index (κ2) is 5.31. The summed E-state index contributed by atoms with van der Waals surface area (Å²) in [6.07, 6.45) is 5.41. The van der Waals surface area contributed by atoms with Crippen molar-refractivity contribution in [2.24, 2.45) is 5.92 Å². The number of hydrogen-bond acceptors (Lipinski definition) is 2. The molecular formula is C16H24N2. The van der Waals surface area contributed by atoms with Crippen LogP contribution in [0.4, 0.5) is 5.69 Å². The Labute approximate surface area is 110 Å². The van der Waals surface area contributed by atoms with Crippen molar-refractivity contribution in [2.75, 3.05) is 18.4 Å². The van der Waals surface area contributed by atoms with Gasteiger partial charge in [0, 0.05) is 18.3 Å². The lowest BCUT2D eigenvalue weighted by Gasteiger charge is -2.30. The SMILES string of the molecule is CC1CCN(Cc2ccc(NC3CC3)cc2)CC1. The smallest absolute Gasteiger partial charge is 0.0342 e. The molecule has 1 N–H and O–H groups in total. The summed E-state index contributed by atoms with van der Waals surface area (Å²) in [5, 5.41) is 3.54. The molecule has 1 aromatic carbocycles. The molecule has 0 unspecified atom stereocenters. The third-order valence-electron chi connectivity index (χ3n) is 4.18. The van der Waals surface area contributed by atoms with Crippen molar-refractivity contribution in [1.82, 2.24) is 4.90 Å². The highest BCUT2D eigenvalue weighted by molar-refractivity contribution is 5.46. The minimum Gasteiger partial charge on any atom is -0.382 e. The average Bonchev–Trinajstić information content (AvgIpc) is 3.19. The molecule has 18 heavy (non-hydrogen) atoms. The third kappa shape index (κ3) is 3.26. The number of benzene rings is 1. The van der Waals surface area contributed by atoms with Crippen LogP contribution in [-0.4, -0.2) is 24.0 Å². The Kier molecular flexibility index (Phi) is 3.55. The molecule has 1 aliphatic carbocycles. The fourth-order valence-electron chi connectivity index (χ4n) is 2.65. The van der Waals surface area contributed by atoms with Gasteiger partial charge in [-0.15, -0.1) is 0 Å². The predicted octanol–water partition coefficient (Wildman–Crippen LogP) is 3.49. The van der Waals surface area contributed by atoms with Gasteiger partial charge in [-0.05, 0) is 62.4 Å². The number of hydrogen-bond donors (Lipinski definition) is 1. The molecule has 0 amide bonds. The lowest BCUT2D eigenvalue weighted by Crippen LogP contribution is -2.32. The van der Waals surface area contributed by atoms with Crippen LogP contribution in [0.3, 0.4) is 0 Å². The zero-order valence-corrected chi connectivity index (χ0v) is 11.4. The van der Waals surface area contributed by atoms with Crippen LogP contribution in [0, 0.1) is 5.92 Å². The summed E-state index contributed by atoms with van der Waals surface area (Å²) in [4.78, 5) is 2.59. The summed E-state index contributed by atoms with van der Waals surface area (Å²) >= 11 is 0. The van der Waals surface area contributed by atoms with E-state index < -0.39 is 0 Å². The molecule has 1 aromatic rings. The highest BCUT2D eigenvalue weighted by Crippen LogP contribution is 2.25. The topological polar surface area (TPSA) is 15.3 Å². The highest BCUT2D eigenvalue weighted by Gasteiger charge is 2.20. The molecule has 2 fully saturated rings. The zero-order valence-electron chi connectivity index (χ0n) is 11.4. The van der Waals surface area contributed by atoms with Gasteiger partial charge < -0.3 is 5.32 Å². The van der Waals surface area contributed by atoms with Crippen LogP contribution in [0.2, 0.25) is 0 Å². The first-order valence-corrected chi connectivity index (χ1v) is 7.37. The molecule has 1 saturated heterocycles. The Morgan fingerprint density at radius 1 is 1.06 bits per heavy atom. The van der Waals surface area contributed by atoms with Crippen molar-refractivity contribution >= 4 is 5.69 Å². The normalized spacial score (nSPS) is 22.1. The van der Waals surface area contributed by atoms with Crippen LogP contribution in [0.25, 0.3) is 0 Å².